The van der Waals surface area contributed by atoms with Gasteiger partial charge in [0.15, 0.2) is 0 Å². The molecule has 10 heteroatoms. The van der Waals surface area contributed by atoms with Gasteiger partial charge in [0.2, 0.25) is 5.91 Å². The number of halogens is 1. The number of anilines is 1. The van der Waals surface area contributed by atoms with Crippen molar-refractivity contribution in [1.82, 2.24) is 4.90 Å². The number of carbonyl (C=O) groups excluding carboxylic acids is 2. The molecule has 1 amide bonds. The highest BCUT2D eigenvalue weighted by atomic mass is 35.5. The van der Waals surface area contributed by atoms with Crippen LogP contribution < -0.4 is 4.90 Å². The number of carboxylic acid groups (broad SMARTS) is 2. The molecule has 0 atom stereocenters. The molecule has 2 aromatic carbocycles. The Morgan fingerprint density at radius 2 is 1.53 bits per heavy atom. The fraction of sp³-hybridized carbons (Fsp3) is 0.385. The van der Waals surface area contributed by atoms with Crippen LogP contribution in [0, 0.1) is 0 Å². The molecule has 1 saturated heterocycles. The SMILES string of the molecule is CCC(=O)N(c1ccccc1)C1(C(=O)OC)CCN(CCc2ccc(Cl)cc2)CC1.O=C(O)C(=O)O. The van der Waals surface area contributed by atoms with Gasteiger partial charge < -0.3 is 19.8 Å². The van der Waals surface area contributed by atoms with E-state index in [1.165, 1.54) is 12.7 Å². The lowest BCUT2D eigenvalue weighted by Gasteiger charge is -2.46. The highest BCUT2D eigenvalue weighted by molar-refractivity contribution is 6.30. The van der Waals surface area contributed by atoms with E-state index in [1.54, 1.807) is 4.90 Å². The fourth-order valence-corrected chi connectivity index (χ4v) is 4.28. The zero-order valence-corrected chi connectivity index (χ0v) is 21.1. The molecule has 194 valence electrons. The van der Waals surface area contributed by atoms with Crippen LogP contribution in [0.2, 0.25) is 5.02 Å². The van der Waals surface area contributed by atoms with Gasteiger partial charge in [-0.05, 0) is 49.1 Å². The third-order valence-electron chi connectivity index (χ3n) is 6.06. The van der Waals surface area contributed by atoms with Crippen molar-refractivity contribution in [2.24, 2.45) is 0 Å². The van der Waals surface area contributed by atoms with Crippen LogP contribution in [0.25, 0.3) is 0 Å². The van der Waals surface area contributed by atoms with Crippen molar-refractivity contribution in [3.63, 3.8) is 0 Å². The molecule has 1 aliphatic rings. The van der Waals surface area contributed by atoms with Gasteiger partial charge in [-0.25, -0.2) is 14.4 Å². The third kappa shape index (κ3) is 7.53. The smallest absolute Gasteiger partial charge is 0.414 e. The van der Waals surface area contributed by atoms with Crippen molar-refractivity contribution < 1.29 is 34.1 Å². The minimum Gasteiger partial charge on any atom is -0.473 e. The largest absolute Gasteiger partial charge is 0.473 e. The van der Waals surface area contributed by atoms with Crippen LogP contribution in [0.15, 0.2) is 54.6 Å². The van der Waals surface area contributed by atoms with Gasteiger partial charge in [-0.1, -0.05) is 48.9 Å². The Morgan fingerprint density at radius 1 is 0.972 bits per heavy atom. The number of para-hydroxylation sites is 1. The molecule has 2 aromatic rings. The van der Waals surface area contributed by atoms with Crippen molar-refractivity contribution in [2.75, 3.05) is 31.6 Å². The number of likely N-dealkylation sites (tertiary alicyclic amines) is 1. The molecule has 2 N–H and O–H groups in total. The van der Waals surface area contributed by atoms with Crippen LogP contribution in [0.1, 0.15) is 31.7 Å². The summed E-state index contributed by atoms with van der Waals surface area (Å²) in [5.74, 6) is -4.06. The van der Waals surface area contributed by atoms with E-state index in [4.69, 9.17) is 36.1 Å². The summed E-state index contributed by atoms with van der Waals surface area (Å²) >= 11 is 5.97. The average molecular weight is 519 g/mol. The number of hydrogen-bond acceptors (Lipinski definition) is 6. The Morgan fingerprint density at radius 3 is 2.00 bits per heavy atom. The standard InChI is InChI=1S/C24H29ClN2O3.C2H2O4/c1-3-22(28)27(21-7-5-4-6-8-21)24(23(29)30-2)14-17-26(18-15-24)16-13-19-9-11-20(25)12-10-19;3-1(4)2(5)6/h4-12H,3,13-18H2,1-2H3;(H,3,4)(H,5,6). The summed E-state index contributed by atoms with van der Waals surface area (Å²) in [6.07, 6.45) is 2.33. The second-order valence-corrected chi connectivity index (χ2v) is 8.71. The van der Waals surface area contributed by atoms with Crippen LogP contribution in [0.4, 0.5) is 5.69 Å². The highest BCUT2D eigenvalue weighted by Crippen LogP contribution is 2.35. The fourth-order valence-electron chi connectivity index (χ4n) is 4.16. The Hall–Kier alpha value is -3.43. The summed E-state index contributed by atoms with van der Waals surface area (Å²) in [6.45, 7) is 4.17. The zero-order valence-electron chi connectivity index (χ0n) is 20.4. The number of ether oxygens (including phenoxy) is 1. The number of carbonyl (C=O) groups is 4. The van der Waals surface area contributed by atoms with E-state index in [2.05, 4.69) is 4.90 Å². The maximum Gasteiger partial charge on any atom is 0.414 e. The number of carboxylic acids is 2. The van der Waals surface area contributed by atoms with Gasteiger partial charge in [-0.3, -0.25) is 9.69 Å². The minimum atomic E-state index is -1.82. The molecule has 0 aliphatic carbocycles. The number of hydrogen-bond donors (Lipinski definition) is 2. The van der Waals surface area contributed by atoms with Gasteiger partial charge in [0.1, 0.15) is 5.54 Å². The first-order chi connectivity index (χ1) is 17.1. The highest BCUT2D eigenvalue weighted by Gasteiger charge is 2.49. The second-order valence-electron chi connectivity index (χ2n) is 8.27. The number of aliphatic carboxylic acids is 2. The van der Waals surface area contributed by atoms with Crippen LogP contribution in [0.5, 0.6) is 0 Å². The van der Waals surface area contributed by atoms with E-state index in [-0.39, 0.29) is 11.9 Å². The normalized spacial score (nSPS) is 14.6. The quantitative estimate of drug-likeness (QED) is 0.421. The average Bonchev–Trinajstić information content (AvgIpc) is 2.89. The minimum absolute atomic E-state index is 0.0683. The predicted molar refractivity (Wildman–Crippen MR) is 135 cm³/mol. The second kappa shape index (κ2) is 13.6. The van der Waals surface area contributed by atoms with Crippen molar-refractivity contribution in [3.05, 3.63) is 65.2 Å². The number of benzene rings is 2. The molecular formula is C26H31ClN2O7. The van der Waals surface area contributed by atoms with Crippen LogP contribution >= 0.6 is 11.6 Å². The molecule has 3 rings (SSSR count). The van der Waals surface area contributed by atoms with Crippen molar-refractivity contribution in [2.45, 2.75) is 38.1 Å². The van der Waals surface area contributed by atoms with Gasteiger partial charge >= 0.3 is 17.9 Å². The molecule has 36 heavy (non-hydrogen) atoms. The van der Waals surface area contributed by atoms with Crippen LogP contribution in [-0.4, -0.2) is 71.2 Å². The number of esters is 1. The van der Waals surface area contributed by atoms with Gasteiger partial charge in [0.05, 0.1) is 7.11 Å². The summed E-state index contributed by atoms with van der Waals surface area (Å²) in [5.41, 5.74) is 1.00. The van der Waals surface area contributed by atoms with Crippen molar-refractivity contribution >= 4 is 41.1 Å². The maximum absolute atomic E-state index is 13.0. The predicted octanol–water partition coefficient (Wildman–Crippen LogP) is 3.49. The van der Waals surface area contributed by atoms with E-state index in [9.17, 15) is 9.59 Å². The van der Waals surface area contributed by atoms with Gasteiger partial charge in [0, 0.05) is 36.8 Å². The summed E-state index contributed by atoms with van der Waals surface area (Å²) in [7, 11) is 1.40. The monoisotopic (exact) mass is 518 g/mol. The lowest BCUT2D eigenvalue weighted by atomic mass is 9.84. The van der Waals surface area contributed by atoms with E-state index < -0.39 is 17.5 Å². The summed E-state index contributed by atoms with van der Waals surface area (Å²) in [6, 6.07) is 17.3. The van der Waals surface area contributed by atoms with E-state index >= 15 is 0 Å². The number of amides is 1. The first-order valence-corrected chi connectivity index (χ1v) is 11.9. The van der Waals surface area contributed by atoms with Gasteiger partial charge in [0.25, 0.3) is 0 Å². The number of methoxy groups -OCH3 is 1. The molecule has 0 unspecified atom stereocenters. The number of rotatable bonds is 7. The van der Waals surface area contributed by atoms with Crippen molar-refractivity contribution in [1.29, 1.82) is 0 Å². The summed E-state index contributed by atoms with van der Waals surface area (Å²) in [4.78, 5) is 48.2. The lowest BCUT2D eigenvalue weighted by molar-refractivity contribution is -0.159. The molecule has 0 aromatic heterocycles. The summed E-state index contributed by atoms with van der Waals surface area (Å²) in [5, 5.41) is 15.5. The molecule has 1 fully saturated rings. The molecule has 0 saturated carbocycles. The molecular weight excluding hydrogens is 488 g/mol. The van der Waals surface area contributed by atoms with E-state index in [1.807, 2.05) is 61.5 Å². The number of piperidine rings is 1. The third-order valence-corrected chi connectivity index (χ3v) is 6.31. The summed E-state index contributed by atoms with van der Waals surface area (Å²) < 4.78 is 5.20. The van der Waals surface area contributed by atoms with E-state index in [0.717, 1.165) is 36.8 Å². The Bertz CT molecular complexity index is 1020. The van der Waals surface area contributed by atoms with Crippen LogP contribution in [-0.2, 0) is 30.3 Å². The van der Waals surface area contributed by atoms with Gasteiger partial charge in [-0.2, -0.15) is 0 Å². The first kappa shape index (κ1) is 28.8. The van der Waals surface area contributed by atoms with E-state index in [0.29, 0.717) is 19.3 Å². The molecule has 1 heterocycles. The van der Waals surface area contributed by atoms with Crippen LogP contribution in [0.3, 0.4) is 0 Å². The maximum atomic E-state index is 13.0. The lowest BCUT2D eigenvalue weighted by Crippen LogP contribution is -2.62. The molecule has 0 spiro atoms. The Kier molecular flexibility index (Phi) is 10.9. The molecule has 0 bridgehead atoms. The van der Waals surface area contributed by atoms with Crippen molar-refractivity contribution in [3.8, 4) is 0 Å². The Labute approximate surface area is 215 Å². The molecule has 9 nitrogen and oxygen atoms in total. The number of nitrogens with zero attached hydrogens (tertiary/aromatic N) is 2. The Balaban J connectivity index is 0.000000678. The first-order valence-electron chi connectivity index (χ1n) is 11.5. The molecule has 0 radical (unpaired) electrons. The topological polar surface area (TPSA) is 124 Å². The van der Waals surface area contributed by atoms with Gasteiger partial charge in [-0.15, -0.1) is 0 Å². The zero-order chi connectivity index (χ0) is 26.7. The molecule has 1 aliphatic heterocycles.